The third kappa shape index (κ3) is 3.20. The predicted molar refractivity (Wildman–Crippen MR) is 56.9 cm³/mol. The summed E-state index contributed by atoms with van der Waals surface area (Å²) < 4.78 is 24.2. The van der Waals surface area contributed by atoms with E-state index < -0.39 is 10.8 Å². The highest BCUT2D eigenvalue weighted by molar-refractivity contribution is 7.84. The summed E-state index contributed by atoms with van der Waals surface area (Å²) in [6.07, 6.45) is 0. The standard InChI is InChI=1S/C10H14FNOS/c1-8-6-9(2-3-10(8)11)7-14(13)5-4-12/h2-3,6H,4-5,7,12H2,1H3. The van der Waals surface area contributed by atoms with Crippen LogP contribution in [0.1, 0.15) is 11.1 Å². The van der Waals surface area contributed by atoms with E-state index in [-0.39, 0.29) is 5.82 Å². The van der Waals surface area contributed by atoms with Crippen LogP contribution in [0.3, 0.4) is 0 Å². The van der Waals surface area contributed by atoms with E-state index in [0.29, 0.717) is 23.6 Å². The molecule has 0 aliphatic rings. The number of benzene rings is 1. The third-order valence-corrected chi connectivity index (χ3v) is 3.24. The molecular formula is C10H14FNOS. The zero-order valence-electron chi connectivity index (χ0n) is 8.13. The lowest BCUT2D eigenvalue weighted by atomic mass is 10.1. The number of halogens is 1. The van der Waals surface area contributed by atoms with Crippen LogP contribution in [0.15, 0.2) is 18.2 Å². The maximum atomic E-state index is 12.9. The maximum Gasteiger partial charge on any atom is 0.126 e. The SMILES string of the molecule is Cc1cc(CS(=O)CCN)ccc1F. The molecule has 1 aromatic rings. The second-order valence-corrected chi connectivity index (χ2v) is 4.74. The molecule has 14 heavy (non-hydrogen) atoms. The first-order valence-electron chi connectivity index (χ1n) is 4.43. The van der Waals surface area contributed by atoms with Crippen LogP contribution in [-0.2, 0) is 16.6 Å². The van der Waals surface area contributed by atoms with Gasteiger partial charge in [-0.25, -0.2) is 4.39 Å². The van der Waals surface area contributed by atoms with E-state index in [2.05, 4.69) is 0 Å². The van der Waals surface area contributed by atoms with Crippen LogP contribution in [0.5, 0.6) is 0 Å². The molecule has 2 nitrogen and oxygen atoms in total. The number of aryl methyl sites for hydroxylation is 1. The van der Waals surface area contributed by atoms with Gasteiger partial charge in [-0.3, -0.25) is 4.21 Å². The minimum absolute atomic E-state index is 0.224. The number of rotatable bonds is 4. The molecule has 0 amide bonds. The summed E-state index contributed by atoms with van der Waals surface area (Å²) in [4.78, 5) is 0. The molecule has 1 unspecified atom stereocenters. The van der Waals surface area contributed by atoms with Crippen LogP contribution in [0, 0.1) is 12.7 Å². The Labute approximate surface area is 85.8 Å². The molecule has 0 heterocycles. The Morgan fingerprint density at radius 1 is 1.50 bits per heavy atom. The average molecular weight is 215 g/mol. The van der Waals surface area contributed by atoms with Crippen LogP contribution in [0.2, 0.25) is 0 Å². The first kappa shape index (κ1) is 11.3. The molecule has 0 aliphatic heterocycles. The highest BCUT2D eigenvalue weighted by Gasteiger charge is 2.03. The molecule has 2 N–H and O–H groups in total. The van der Waals surface area contributed by atoms with Gasteiger partial charge < -0.3 is 5.73 Å². The van der Waals surface area contributed by atoms with Gasteiger partial charge in [0.2, 0.25) is 0 Å². The number of nitrogens with two attached hydrogens (primary N) is 1. The monoisotopic (exact) mass is 215 g/mol. The largest absolute Gasteiger partial charge is 0.330 e. The van der Waals surface area contributed by atoms with Crippen LogP contribution in [0.4, 0.5) is 4.39 Å². The Morgan fingerprint density at radius 3 is 2.79 bits per heavy atom. The van der Waals surface area contributed by atoms with Gasteiger partial charge in [0.05, 0.1) is 0 Å². The molecule has 0 fully saturated rings. The molecule has 0 saturated carbocycles. The highest BCUT2D eigenvalue weighted by atomic mass is 32.2. The van der Waals surface area contributed by atoms with Crippen LogP contribution < -0.4 is 5.73 Å². The van der Waals surface area contributed by atoms with Crippen molar-refractivity contribution in [1.82, 2.24) is 0 Å². The molecular weight excluding hydrogens is 201 g/mol. The molecule has 0 radical (unpaired) electrons. The van der Waals surface area contributed by atoms with Gasteiger partial charge in [-0.05, 0) is 24.1 Å². The van der Waals surface area contributed by atoms with Crippen LogP contribution in [0.25, 0.3) is 0 Å². The second-order valence-electron chi connectivity index (χ2n) is 3.16. The Bertz CT molecular complexity index is 341. The molecule has 4 heteroatoms. The minimum Gasteiger partial charge on any atom is -0.330 e. The lowest BCUT2D eigenvalue weighted by molar-refractivity contribution is 0.618. The molecule has 0 spiro atoms. The average Bonchev–Trinajstić information content (AvgIpc) is 2.12. The van der Waals surface area contributed by atoms with Crippen molar-refractivity contribution in [2.24, 2.45) is 5.73 Å². The van der Waals surface area contributed by atoms with Crippen molar-refractivity contribution in [1.29, 1.82) is 0 Å². The van der Waals surface area contributed by atoms with Gasteiger partial charge in [-0.15, -0.1) is 0 Å². The Balaban J connectivity index is 2.68. The number of hydrogen-bond acceptors (Lipinski definition) is 2. The van der Waals surface area contributed by atoms with E-state index in [0.717, 1.165) is 5.56 Å². The molecule has 0 saturated heterocycles. The van der Waals surface area contributed by atoms with Gasteiger partial charge in [-0.2, -0.15) is 0 Å². The molecule has 0 aromatic heterocycles. The fraction of sp³-hybridized carbons (Fsp3) is 0.400. The molecule has 0 bridgehead atoms. The second kappa shape index (κ2) is 5.22. The van der Waals surface area contributed by atoms with Gasteiger partial charge in [0, 0.05) is 28.9 Å². The molecule has 1 atom stereocenters. The molecule has 78 valence electrons. The quantitative estimate of drug-likeness (QED) is 0.823. The minimum atomic E-state index is -0.933. The fourth-order valence-electron chi connectivity index (χ4n) is 1.19. The third-order valence-electron chi connectivity index (χ3n) is 1.90. The topological polar surface area (TPSA) is 43.1 Å². The van der Waals surface area contributed by atoms with E-state index in [4.69, 9.17) is 5.73 Å². The van der Waals surface area contributed by atoms with E-state index in [1.165, 1.54) is 6.07 Å². The van der Waals surface area contributed by atoms with Gasteiger partial charge in [0.1, 0.15) is 5.82 Å². The van der Waals surface area contributed by atoms with Crippen molar-refractivity contribution in [2.45, 2.75) is 12.7 Å². The van der Waals surface area contributed by atoms with Crippen LogP contribution >= 0.6 is 0 Å². The fourth-order valence-corrected chi connectivity index (χ4v) is 2.14. The summed E-state index contributed by atoms with van der Waals surface area (Å²) in [5.41, 5.74) is 6.77. The van der Waals surface area contributed by atoms with Gasteiger partial charge in [0.25, 0.3) is 0 Å². The first-order valence-corrected chi connectivity index (χ1v) is 5.92. The van der Waals surface area contributed by atoms with Gasteiger partial charge >= 0.3 is 0 Å². The highest BCUT2D eigenvalue weighted by Crippen LogP contribution is 2.10. The van der Waals surface area contributed by atoms with Gasteiger partial charge in [0.15, 0.2) is 0 Å². The Hall–Kier alpha value is -0.740. The summed E-state index contributed by atoms with van der Waals surface area (Å²) in [5, 5.41) is 0. The first-order chi connectivity index (χ1) is 6.63. The van der Waals surface area contributed by atoms with Crippen molar-refractivity contribution in [3.63, 3.8) is 0 Å². The predicted octanol–water partition coefficient (Wildman–Crippen LogP) is 1.34. The van der Waals surface area contributed by atoms with Crippen molar-refractivity contribution in [3.8, 4) is 0 Å². The van der Waals surface area contributed by atoms with E-state index in [9.17, 15) is 8.60 Å². The zero-order valence-corrected chi connectivity index (χ0v) is 8.94. The Kier molecular flexibility index (Phi) is 4.22. The lowest BCUT2D eigenvalue weighted by Crippen LogP contribution is -2.11. The van der Waals surface area contributed by atoms with Crippen molar-refractivity contribution >= 4 is 10.8 Å². The smallest absolute Gasteiger partial charge is 0.126 e. The summed E-state index contributed by atoms with van der Waals surface area (Å²) in [6.45, 7) is 2.12. The molecule has 0 aliphatic carbocycles. The van der Waals surface area contributed by atoms with Crippen LogP contribution in [-0.4, -0.2) is 16.5 Å². The van der Waals surface area contributed by atoms with Crippen molar-refractivity contribution in [3.05, 3.63) is 35.1 Å². The normalized spacial score (nSPS) is 12.8. The van der Waals surface area contributed by atoms with E-state index in [1.54, 1.807) is 19.1 Å². The van der Waals surface area contributed by atoms with Gasteiger partial charge in [-0.1, -0.05) is 12.1 Å². The summed E-state index contributed by atoms with van der Waals surface area (Å²) in [5.74, 6) is 0.729. The van der Waals surface area contributed by atoms with E-state index in [1.807, 2.05) is 0 Å². The zero-order chi connectivity index (χ0) is 10.6. The number of hydrogen-bond donors (Lipinski definition) is 1. The van der Waals surface area contributed by atoms with Crippen molar-refractivity contribution in [2.75, 3.05) is 12.3 Å². The van der Waals surface area contributed by atoms with E-state index >= 15 is 0 Å². The lowest BCUT2D eigenvalue weighted by Gasteiger charge is -2.03. The summed E-state index contributed by atoms with van der Waals surface area (Å²) in [7, 11) is -0.933. The summed E-state index contributed by atoms with van der Waals surface area (Å²) in [6, 6.07) is 4.80. The van der Waals surface area contributed by atoms with Crippen molar-refractivity contribution < 1.29 is 8.60 Å². The summed E-state index contributed by atoms with van der Waals surface area (Å²) >= 11 is 0. The maximum absolute atomic E-state index is 12.9. The molecule has 1 rings (SSSR count). The molecule has 1 aromatic carbocycles. The Morgan fingerprint density at radius 2 is 2.21 bits per heavy atom.